The van der Waals surface area contributed by atoms with Gasteiger partial charge in [-0.3, -0.25) is 4.79 Å². The quantitative estimate of drug-likeness (QED) is 0.892. The zero-order valence-corrected chi connectivity index (χ0v) is 10.7. The van der Waals surface area contributed by atoms with Crippen LogP contribution in [0.2, 0.25) is 0 Å². The minimum absolute atomic E-state index is 0.0247. The van der Waals surface area contributed by atoms with Crippen molar-refractivity contribution in [2.45, 2.75) is 12.8 Å². The van der Waals surface area contributed by atoms with Crippen molar-refractivity contribution in [3.8, 4) is 0 Å². The van der Waals surface area contributed by atoms with Crippen molar-refractivity contribution in [1.82, 2.24) is 4.98 Å². The summed E-state index contributed by atoms with van der Waals surface area (Å²) in [5.41, 5.74) is 6.36. The number of benzene rings is 1. The number of nitrogens with zero attached hydrogens (tertiary/aromatic N) is 2. The lowest BCUT2D eigenvalue weighted by molar-refractivity contribution is -0.122. The molecule has 0 radical (unpaired) electrons. The first-order valence-electron chi connectivity index (χ1n) is 6.64. The predicted octanol–water partition coefficient (Wildman–Crippen LogP) is 1.94. The van der Waals surface area contributed by atoms with Crippen LogP contribution in [-0.2, 0) is 4.79 Å². The number of rotatable bonds is 2. The number of piperidine rings is 1. The molecule has 1 fully saturated rings. The van der Waals surface area contributed by atoms with Gasteiger partial charge in [0.1, 0.15) is 5.82 Å². The topological polar surface area (TPSA) is 59.2 Å². The van der Waals surface area contributed by atoms with Gasteiger partial charge in [0.15, 0.2) is 0 Å². The molecule has 4 heteroatoms. The summed E-state index contributed by atoms with van der Waals surface area (Å²) in [7, 11) is 0. The van der Waals surface area contributed by atoms with Crippen LogP contribution < -0.4 is 10.6 Å². The summed E-state index contributed by atoms with van der Waals surface area (Å²) in [6.07, 6.45) is 1.65. The first kappa shape index (κ1) is 12.0. The molecular weight excluding hydrogens is 238 g/mol. The van der Waals surface area contributed by atoms with Gasteiger partial charge in [0.2, 0.25) is 5.91 Å². The summed E-state index contributed by atoms with van der Waals surface area (Å²) in [5, 5.41) is 1.15. The molecule has 0 atom stereocenters. The smallest absolute Gasteiger partial charge is 0.220 e. The van der Waals surface area contributed by atoms with E-state index in [0.717, 1.165) is 42.7 Å². The SMILES string of the molecule is NC(=O)C1CCN(c2ccc3ccccc3n2)CC1. The maximum absolute atomic E-state index is 11.2. The molecule has 0 saturated carbocycles. The van der Waals surface area contributed by atoms with Gasteiger partial charge in [-0.25, -0.2) is 4.98 Å². The van der Waals surface area contributed by atoms with Gasteiger partial charge in [0.25, 0.3) is 0 Å². The molecular formula is C15H17N3O. The second-order valence-electron chi connectivity index (χ2n) is 5.03. The van der Waals surface area contributed by atoms with Crippen LogP contribution in [0.1, 0.15) is 12.8 Å². The summed E-state index contributed by atoms with van der Waals surface area (Å²) in [5.74, 6) is 0.837. The van der Waals surface area contributed by atoms with Crippen LogP contribution in [-0.4, -0.2) is 24.0 Å². The van der Waals surface area contributed by atoms with E-state index in [4.69, 9.17) is 5.73 Å². The van der Waals surface area contributed by atoms with E-state index < -0.39 is 0 Å². The summed E-state index contributed by atoms with van der Waals surface area (Å²) in [4.78, 5) is 18.1. The third kappa shape index (κ3) is 2.38. The number of nitrogens with two attached hydrogens (primary N) is 1. The van der Waals surface area contributed by atoms with E-state index >= 15 is 0 Å². The highest BCUT2D eigenvalue weighted by atomic mass is 16.1. The number of carbonyl (C=O) groups is 1. The highest BCUT2D eigenvalue weighted by molar-refractivity contribution is 5.80. The molecule has 1 aliphatic rings. The molecule has 1 amide bonds. The Bertz CT molecular complexity index is 603. The van der Waals surface area contributed by atoms with Crippen molar-refractivity contribution in [3.63, 3.8) is 0 Å². The third-order valence-electron chi connectivity index (χ3n) is 3.81. The van der Waals surface area contributed by atoms with Crippen LogP contribution in [0.5, 0.6) is 0 Å². The van der Waals surface area contributed by atoms with Gasteiger partial charge in [-0.15, -0.1) is 0 Å². The molecule has 3 rings (SSSR count). The summed E-state index contributed by atoms with van der Waals surface area (Å²) < 4.78 is 0. The Labute approximate surface area is 112 Å². The van der Waals surface area contributed by atoms with Crippen molar-refractivity contribution in [2.24, 2.45) is 11.7 Å². The van der Waals surface area contributed by atoms with Crippen LogP contribution >= 0.6 is 0 Å². The zero-order valence-electron chi connectivity index (χ0n) is 10.7. The third-order valence-corrected chi connectivity index (χ3v) is 3.81. The van der Waals surface area contributed by atoms with Gasteiger partial charge >= 0.3 is 0 Å². The molecule has 1 aromatic carbocycles. The maximum atomic E-state index is 11.2. The monoisotopic (exact) mass is 255 g/mol. The molecule has 19 heavy (non-hydrogen) atoms. The molecule has 1 aromatic heterocycles. The number of primary amides is 1. The largest absolute Gasteiger partial charge is 0.369 e. The molecule has 98 valence electrons. The fraction of sp³-hybridized carbons (Fsp3) is 0.333. The standard InChI is InChI=1S/C15H17N3O/c16-15(19)12-7-9-18(10-8-12)14-6-5-11-3-1-2-4-13(11)17-14/h1-6,12H,7-10H2,(H2,16,19). The number of carbonyl (C=O) groups excluding carboxylic acids is 1. The van der Waals surface area contributed by atoms with E-state index in [1.807, 2.05) is 24.3 Å². The Morgan fingerprint density at radius 2 is 1.89 bits per heavy atom. The molecule has 0 bridgehead atoms. The average molecular weight is 255 g/mol. The van der Waals surface area contributed by atoms with Crippen molar-refractivity contribution in [1.29, 1.82) is 0 Å². The van der Waals surface area contributed by atoms with Crippen LogP contribution in [0.25, 0.3) is 10.9 Å². The Kier molecular flexibility index (Phi) is 3.07. The normalized spacial score (nSPS) is 16.7. The second kappa shape index (κ2) is 4.88. The number of aromatic nitrogens is 1. The number of anilines is 1. The molecule has 0 aliphatic carbocycles. The van der Waals surface area contributed by atoms with E-state index in [2.05, 4.69) is 22.0 Å². The van der Waals surface area contributed by atoms with Crippen molar-refractivity contribution in [2.75, 3.05) is 18.0 Å². The van der Waals surface area contributed by atoms with Gasteiger partial charge in [-0.2, -0.15) is 0 Å². The predicted molar refractivity (Wildman–Crippen MR) is 75.9 cm³/mol. The zero-order chi connectivity index (χ0) is 13.2. The second-order valence-corrected chi connectivity index (χ2v) is 5.03. The minimum Gasteiger partial charge on any atom is -0.369 e. The molecule has 2 aromatic rings. The number of amides is 1. The van der Waals surface area contributed by atoms with Crippen LogP contribution in [0.3, 0.4) is 0 Å². The number of hydrogen-bond acceptors (Lipinski definition) is 3. The molecule has 2 N–H and O–H groups in total. The Hall–Kier alpha value is -2.10. The van der Waals surface area contributed by atoms with Gasteiger partial charge in [0, 0.05) is 24.4 Å². The Morgan fingerprint density at radius 3 is 2.63 bits per heavy atom. The summed E-state index contributed by atoms with van der Waals surface area (Å²) >= 11 is 0. The van der Waals surface area contributed by atoms with Gasteiger partial charge in [0.05, 0.1) is 5.52 Å². The maximum Gasteiger partial charge on any atom is 0.220 e. The van der Waals surface area contributed by atoms with Crippen molar-refractivity contribution < 1.29 is 4.79 Å². The highest BCUT2D eigenvalue weighted by Crippen LogP contribution is 2.23. The van der Waals surface area contributed by atoms with E-state index in [9.17, 15) is 4.79 Å². The number of para-hydroxylation sites is 1. The van der Waals surface area contributed by atoms with Crippen LogP contribution in [0.15, 0.2) is 36.4 Å². The first-order valence-corrected chi connectivity index (χ1v) is 6.64. The highest BCUT2D eigenvalue weighted by Gasteiger charge is 2.23. The minimum atomic E-state index is -0.175. The van der Waals surface area contributed by atoms with Crippen LogP contribution in [0.4, 0.5) is 5.82 Å². The summed E-state index contributed by atoms with van der Waals surface area (Å²) in [6, 6.07) is 12.2. The van der Waals surface area contributed by atoms with Gasteiger partial charge < -0.3 is 10.6 Å². The fourth-order valence-corrected chi connectivity index (χ4v) is 2.62. The van der Waals surface area contributed by atoms with Crippen molar-refractivity contribution >= 4 is 22.6 Å². The van der Waals surface area contributed by atoms with Crippen molar-refractivity contribution in [3.05, 3.63) is 36.4 Å². The molecule has 1 saturated heterocycles. The lowest BCUT2D eigenvalue weighted by Crippen LogP contribution is -2.38. The molecule has 1 aliphatic heterocycles. The lowest BCUT2D eigenvalue weighted by atomic mass is 9.96. The van der Waals surface area contributed by atoms with E-state index in [1.54, 1.807) is 0 Å². The van der Waals surface area contributed by atoms with Gasteiger partial charge in [-0.05, 0) is 31.0 Å². The molecule has 2 heterocycles. The Balaban J connectivity index is 1.80. The van der Waals surface area contributed by atoms with Gasteiger partial charge in [-0.1, -0.05) is 18.2 Å². The van der Waals surface area contributed by atoms with E-state index in [1.165, 1.54) is 0 Å². The van der Waals surface area contributed by atoms with Crippen LogP contribution in [0, 0.1) is 5.92 Å². The number of hydrogen-bond donors (Lipinski definition) is 1. The molecule has 4 nitrogen and oxygen atoms in total. The van der Waals surface area contributed by atoms with E-state index in [-0.39, 0.29) is 11.8 Å². The number of fused-ring (bicyclic) bond motifs is 1. The number of pyridine rings is 1. The molecule has 0 unspecified atom stereocenters. The fourth-order valence-electron chi connectivity index (χ4n) is 2.62. The average Bonchev–Trinajstić information content (AvgIpc) is 2.47. The lowest BCUT2D eigenvalue weighted by Gasteiger charge is -2.31. The Morgan fingerprint density at radius 1 is 1.16 bits per heavy atom. The van der Waals surface area contributed by atoms with E-state index in [0.29, 0.717) is 0 Å². The first-order chi connectivity index (χ1) is 9.24. The molecule has 0 spiro atoms. The summed E-state index contributed by atoms with van der Waals surface area (Å²) in [6.45, 7) is 1.69.